The number of aliphatic carboxylic acids is 1. The molecular weight excluding hydrogens is 375 g/mol. The van der Waals surface area contributed by atoms with Crippen LogP contribution in [0.3, 0.4) is 0 Å². The number of amides is 1. The van der Waals surface area contributed by atoms with Crippen LogP contribution in [0.5, 0.6) is 0 Å². The number of hydrogen-bond donors (Lipinski definition) is 3. The normalized spacial score (nSPS) is 29.0. The maximum atomic E-state index is 12.2. The van der Waals surface area contributed by atoms with Gasteiger partial charge in [-0.1, -0.05) is 0 Å². The second kappa shape index (κ2) is 8.57. The van der Waals surface area contributed by atoms with E-state index in [0.717, 1.165) is 32.0 Å². The molecule has 0 atom stereocenters. The van der Waals surface area contributed by atoms with Crippen LogP contribution in [-0.4, -0.2) is 65.8 Å². The van der Waals surface area contributed by atoms with Crippen LogP contribution in [0.15, 0.2) is 0 Å². The molecule has 2 aliphatic heterocycles. The molecule has 0 aromatic heterocycles. The lowest BCUT2D eigenvalue weighted by atomic mass is 9.64. The van der Waals surface area contributed by atoms with Crippen molar-refractivity contribution in [1.82, 2.24) is 15.5 Å². The lowest BCUT2D eigenvalue weighted by Crippen LogP contribution is -2.55. The molecule has 0 unspecified atom stereocenters. The Labute approximate surface area is 164 Å². The molecule has 0 bridgehead atoms. The Hall–Kier alpha value is -1.35. The largest absolute Gasteiger partial charge is 0.490 e. The van der Waals surface area contributed by atoms with Crippen molar-refractivity contribution in [2.24, 2.45) is 11.3 Å². The Morgan fingerprint density at radius 3 is 2.07 bits per heavy atom. The first kappa shape index (κ1) is 22.9. The third-order valence-corrected chi connectivity index (χ3v) is 5.83. The Bertz CT molecular complexity index is 553. The summed E-state index contributed by atoms with van der Waals surface area (Å²) in [5, 5.41) is 13.8. The van der Waals surface area contributed by atoms with Crippen LogP contribution in [0.1, 0.15) is 52.9 Å². The van der Waals surface area contributed by atoms with Gasteiger partial charge in [0.2, 0.25) is 5.91 Å². The molecule has 1 amide bonds. The van der Waals surface area contributed by atoms with Crippen LogP contribution in [0.4, 0.5) is 13.2 Å². The molecule has 2 saturated heterocycles. The number of piperidine rings is 1. The fourth-order valence-electron chi connectivity index (χ4n) is 4.34. The fraction of sp³-hybridized carbons (Fsp3) is 0.895. The third kappa shape index (κ3) is 6.34. The predicted octanol–water partition coefficient (Wildman–Crippen LogP) is 2.39. The highest BCUT2D eigenvalue weighted by atomic mass is 19.4. The van der Waals surface area contributed by atoms with Gasteiger partial charge in [0.1, 0.15) is 0 Å². The number of alkyl halides is 3. The Morgan fingerprint density at radius 1 is 1.14 bits per heavy atom. The van der Waals surface area contributed by atoms with Crippen molar-refractivity contribution < 1.29 is 27.9 Å². The summed E-state index contributed by atoms with van der Waals surface area (Å²) >= 11 is 0. The van der Waals surface area contributed by atoms with E-state index in [4.69, 9.17) is 9.90 Å². The van der Waals surface area contributed by atoms with Crippen LogP contribution in [0.25, 0.3) is 0 Å². The first-order valence-electron chi connectivity index (χ1n) is 9.88. The van der Waals surface area contributed by atoms with E-state index in [9.17, 15) is 18.0 Å². The van der Waals surface area contributed by atoms with Crippen molar-refractivity contribution in [3.63, 3.8) is 0 Å². The number of carboxylic acid groups (broad SMARTS) is 1. The summed E-state index contributed by atoms with van der Waals surface area (Å²) in [6, 6.07) is 0.788. The predicted molar refractivity (Wildman–Crippen MR) is 98.8 cm³/mol. The monoisotopic (exact) mass is 407 g/mol. The molecule has 0 aromatic carbocycles. The summed E-state index contributed by atoms with van der Waals surface area (Å²) in [5.41, 5.74) is 0.523. The van der Waals surface area contributed by atoms with Gasteiger partial charge in [-0.15, -0.1) is 0 Å². The van der Waals surface area contributed by atoms with Crippen molar-refractivity contribution in [3.05, 3.63) is 0 Å². The van der Waals surface area contributed by atoms with Crippen molar-refractivity contribution in [2.45, 2.75) is 70.6 Å². The molecule has 6 nitrogen and oxygen atoms in total. The molecule has 1 aliphatic carbocycles. The summed E-state index contributed by atoms with van der Waals surface area (Å²) < 4.78 is 31.7. The zero-order valence-corrected chi connectivity index (χ0v) is 16.9. The maximum absolute atomic E-state index is 12.2. The molecule has 9 heteroatoms. The number of hydrogen-bond acceptors (Lipinski definition) is 4. The van der Waals surface area contributed by atoms with Gasteiger partial charge in [0.15, 0.2) is 0 Å². The molecule has 1 spiro atoms. The van der Waals surface area contributed by atoms with E-state index in [-0.39, 0.29) is 17.4 Å². The van der Waals surface area contributed by atoms with Crippen molar-refractivity contribution in [1.29, 1.82) is 0 Å². The van der Waals surface area contributed by atoms with Gasteiger partial charge in [0.25, 0.3) is 0 Å². The number of carboxylic acids is 1. The van der Waals surface area contributed by atoms with E-state index in [0.29, 0.717) is 5.41 Å². The number of carbonyl (C=O) groups excluding carboxylic acids is 1. The molecule has 28 heavy (non-hydrogen) atoms. The summed E-state index contributed by atoms with van der Waals surface area (Å²) in [6.07, 6.45) is 1.10. The van der Waals surface area contributed by atoms with E-state index >= 15 is 0 Å². The Kier molecular flexibility index (Phi) is 7.02. The number of nitrogens with zero attached hydrogens (tertiary/aromatic N) is 1. The minimum absolute atomic E-state index is 0.107. The second-order valence-electron chi connectivity index (χ2n) is 9.34. The molecule has 1 saturated carbocycles. The lowest BCUT2D eigenvalue weighted by Gasteiger charge is -2.51. The molecule has 3 fully saturated rings. The van der Waals surface area contributed by atoms with Gasteiger partial charge in [0.05, 0.1) is 0 Å². The van der Waals surface area contributed by atoms with Crippen LogP contribution >= 0.6 is 0 Å². The first-order valence-corrected chi connectivity index (χ1v) is 9.88. The van der Waals surface area contributed by atoms with Crippen LogP contribution in [0.2, 0.25) is 0 Å². The quantitative estimate of drug-likeness (QED) is 0.655. The van der Waals surface area contributed by atoms with E-state index < -0.39 is 12.1 Å². The summed E-state index contributed by atoms with van der Waals surface area (Å²) in [5.74, 6) is -2.28. The number of carbonyl (C=O) groups is 2. The van der Waals surface area contributed by atoms with Crippen molar-refractivity contribution >= 4 is 11.9 Å². The van der Waals surface area contributed by atoms with Gasteiger partial charge in [-0.25, -0.2) is 4.79 Å². The number of halogens is 3. The standard InChI is InChI=1S/C17H31N3O.C2HF3O2/c1-16(2,3)19-15(21)13-4-8-20(9-5-13)14-10-17(11-14)6-7-18-12-17;3-2(4,5)1(6)7/h13-14,18H,4-12H2,1-3H3,(H,19,21);(H,6,7). The molecule has 2 heterocycles. The number of likely N-dealkylation sites (tertiary alicyclic amines) is 1. The van der Waals surface area contributed by atoms with Crippen LogP contribution < -0.4 is 10.6 Å². The maximum Gasteiger partial charge on any atom is 0.490 e. The van der Waals surface area contributed by atoms with E-state index in [2.05, 4.69) is 36.3 Å². The van der Waals surface area contributed by atoms with Gasteiger partial charge >= 0.3 is 12.1 Å². The molecule has 3 rings (SSSR count). The first-order chi connectivity index (χ1) is 12.8. The Morgan fingerprint density at radius 2 is 1.68 bits per heavy atom. The van der Waals surface area contributed by atoms with E-state index in [1.807, 2.05) is 0 Å². The van der Waals surface area contributed by atoms with Gasteiger partial charge in [0, 0.05) is 24.0 Å². The highest BCUT2D eigenvalue weighted by Crippen LogP contribution is 2.48. The SMILES string of the molecule is CC(C)(C)NC(=O)C1CCN(C2CC3(CCNC3)C2)CC1.O=C(O)C(F)(F)F. The molecule has 162 valence electrons. The zero-order chi connectivity index (χ0) is 21.2. The fourth-order valence-corrected chi connectivity index (χ4v) is 4.34. The van der Waals surface area contributed by atoms with Crippen LogP contribution in [0, 0.1) is 11.3 Å². The van der Waals surface area contributed by atoms with Gasteiger partial charge < -0.3 is 20.6 Å². The van der Waals surface area contributed by atoms with Gasteiger partial charge in [-0.2, -0.15) is 13.2 Å². The van der Waals surface area contributed by atoms with Crippen molar-refractivity contribution in [3.8, 4) is 0 Å². The molecule has 0 aromatic rings. The minimum atomic E-state index is -5.08. The average molecular weight is 407 g/mol. The zero-order valence-electron chi connectivity index (χ0n) is 16.9. The minimum Gasteiger partial charge on any atom is -0.475 e. The summed E-state index contributed by atoms with van der Waals surface area (Å²) in [6.45, 7) is 10.8. The van der Waals surface area contributed by atoms with Gasteiger partial charge in [-0.05, 0) is 77.9 Å². The molecule has 3 aliphatic rings. The highest BCUT2D eigenvalue weighted by Gasteiger charge is 2.48. The summed E-state index contributed by atoms with van der Waals surface area (Å²) in [4.78, 5) is 23.8. The van der Waals surface area contributed by atoms with E-state index in [1.54, 1.807) is 0 Å². The average Bonchev–Trinajstić information content (AvgIpc) is 3.01. The highest BCUT2D eigenvalue weighted by molar-refractivity contribution is 5.79. The molecule has 0 radical (unpaired) electrons. The number of nitrogens with one attached hydrogen (secondary N) is 2. The third-order valence-electron chi connectivity index (χ3n) is 5.83. The Balaban J connectivity index is 0.000000345. The smallest absolute Gasteiger partial charge is 0.475 e. The second-order valence-corrected chi connectivity index (χ2v) is 9.34. The lowest BCUT2D eigenvalue weighted by molar-refractivity contribution is -0.192. The topological polar surface area (TPSA) is 81.7 Å². The summed E-state index contributed by atoms with van der Waals surface area (Å²) in [7, 11) is 0. The molecule has 3 N–H and O–H groups in total. The van der Waals surface area contributed by atoms with Crippen LogP contribution in [-0.2, 0) is 9.59 Å². The van der Waals surface area contributed by atoms with Crippen molar-refractivity contribution in [2.75, 3.05) is 26.2 Å². The van der Waals surface area contributed by atoms with E-state index in [1.165, 1.54) is 32.4 Å². The number of rotatable bonds is 2. The van der Waals surface area contributed by atoms with Gasteiger partial charge in [-0.3, -0.25) is 4.79 Å². The molecular formula is C19H32F3N3O3.